The molecule has 1 aliphatic heterocycles. The molecule has 2 heterocycles. The Labute approximate surface area is 171 Å². The molecule has 4 nitrogen and oxygen atoms in total. The number of aryl methyl sites for hydroxylation is 3. The van der Waals surface area contributed by atoms with E-state index in [9.17, 15) is 0 Å². The van der Waals surface area contributed by atoms with Crippen molar-refractivity contribution in [2.24, 2.45) is 0 Å². The molecule has 0 amide bonds. The SMILES string of the molecule is Cc1ccc(Cc2c(C)nc(C)nc2NC2CCOc3ccc(Cl)cc32)cc1. The summed E-state index contributed by atoms with van der Waals surface area (Å²) in [5.41, 5.74) is 5.72. The second-order valence-electron chi connectivity index (χ2n) is 7.36. The smallest absolute Gasteiger partial charge is 0.133 e. The van der Waals surface area contributed by atoms with Gasteiger partial charge in [0, 0.05) is 34.7 Å². The van der Waals surface area contributed by atoms with Crippen LogP contribution in [0.4, 0.5) is 5.82 Å². The summed E-state index contributed by atoms with van der Waals surface area (Å²) >= 11 is 6.24. The van der Waals surface area contributed by atoms with Gasteiger partial charge in [-0.15, -0.1) is 0 Å². The van der Waals surface area contributed by atoms with Gasteiger partial charge >= 0.3 is 0 Å². The molecule has 1 aromatic heterocycles. The Morgan fingerprint density at radius 3 is 2.64 bits per heavy atom. The fourth-order valence-electron chi connectivity index (χ4n) is 3.66. The number of ether oxygens (including phenoxy) is 1. The van der Waals surface area contributed by atoms with E-state index < -0.39 is 0 Å². The molecule has 0 aliphatic carbocycles. The molecule has 0 spiro atoms. The monoisotopic (exact) mass is 393 g/mol. The zero-order chi connectivity index (χ0) is 19.7. The van der Waals surface area contributed by atoms with Gasteiger partial charge in [-0.05, 0) is 44.5 Å². The Balaban J connectivity index is 1.68. The Hall–Kier alpha value is -2.59. The van der Waals surface area contributed by atoms with E-state index in [1.165, 1.54) is 11.1 Å². The van der Waals surface area contributed by atoms with E-state index in [0.717, 1.165) is 47.1 Å². The Morgan fingerprint density at radius 1 is 1.07 bits per heavy atom. The van der Waals surface area contributed by atoms with Crippen molar-refractivity contribution in [1.82, 2.24) is 9.97 Å². The number of hydrogen-bond acceptors (Lipinski definition) is 4. The van der Waals surface area contributed by atoms with Crippen LogP contribution in [0.2, 0.25) is 5.02 Å². The number of benzene rings is 2. The standard InChI is InChI=1S/C23H24ClN3O/c1-14-4-6-17(7-5-14)12-19-15(2)25-16(3)26-23(19)27-21-10-11-28-22-9-8-18(24)13-20(21)22/h4-9,13,21H,10-12H2,1-3H3,(H,25,26,27). The highest BCUT2D eigenvalue weighted by atomic mass is 35.5. The van der Waals surface area contributed by atoms with Crippen LogP contribution in [0.25, 0.3) is 0 Å². The molecular weight excluding hydrogens is 370 g/mol. The van der Waals surface area contributed by atoms with Crippen LogP contribution in [0.15, 0.2) is 42.5 Å². The largest absolute Gasteiger partial charge is 0.493 e. The summed E-state index contributed by atoms with van der Waals surface area (Å²) in [5, 5.41) is 4.37. The number of fused-ring (bicyclic) bond motifs is 1. The maximum atomic E-state index is 6.24. The molecule has 5 heteroatoms. The average Bonchev–Trinajstić information content (AvgIpc) is 2.66. The number of rotatable bonds is 4. The van der Waals surface area contributed by atoms with Crippen LogP contribution in [0.3, 0.4) is 0 Å². The fraction of sp³-hybridized carbons (Fsp3) is 0.304. The van der Waals surface area contributed by atoms with Crippen molar-refractivity contribution < 1.29 is 4.74 Å². The quantitative estimate of drug-likeness (QED) is 0.628. The van der Waals surface area contributed by atoms with E-state index in [0.29, 0.717) is 11.6 Å². The summed E-state index contributed by atoms with van der Waals surface area (Å²) in [6.45, 7) is 6.76. The van der Waals surface area contributed by atoms with Crippen LogP contribution in [-0.4, -0.2) is 16.6 Å². The summed E-state index contributed by atoms with van der Waals surface area (Å²) in [6, 6.07) is 14.5. The molecule has 144 valence electrons. The van der Waals surface area contributed by atoms with Gasteiger partial charge in [-0.1, -0.05) is 41.4 Å². The molecule has 3 aromatic rings. The van der Waals surface area contributed by atoms with Crippen molar-refractivity contribution >= 4 is 17.4 Å². The molecule has 0 saturated heterocycles. The van der Waals surface area contributed by atoms with Gasteiger partial charge in [0.05, 0.1) is 12.6 Å². The summed E-state index contributed by atoms with van der Waals surface area (Å²) in [7, 11) is 0. The highest BCUT2D eigenvalue weighted by molar-refractivity contribution is 6.30. The lowest BCUT2D eigenvalue weighted by Gasteiger charge is -2.28. The number of hydrogen-bond donors (Lipinski definition) is 1. The molecular formula is C23H24ClN3O. The van der Waals surface area contributed by atoms with Gasteiger partial charge in [0.15, 0.2) is 0 Å². The van der Waals surface area contributed by atoms with Crippen molar-refractivity contribution in [1.29, 1.82) is 0 Å². The minimum absolute atomic E-state index is 0.105. The summed E-state index contributed by atoms with van der Waals surface area (Å²) in [6.07, 6.45) is 1.65. The molecule has 0 fully saturated rings. The maximum absolute atomic E-state index is 6.24. The first-order chi connectivity index (χ1) is 13.5. The Bertz CT molecular complexity index is 1000. The van der Waals surface area contributed by atoms with Gasteiger partial charge in [0.1, 0.15) is 17.4 Å². The molecule has 0 radical (unpaired) electrons. The summed E-state index contributed by atoms with van der Waals surface area (Å²) in [4.78, 5) is 9.34. The molecule has 0 saturated carbocycles. The van der Waals surface area contributed by atoms with Crippen LogP contribution in [0.1, 0.15) is 46.2 Å². The zero-order valence-electron chi connectivity index (χ0n) is 16.4. The summed E-state index contributed by atoms with van der Waals surface area (Å²) in [5.74, 6) is 2.55. The van der Waals surface area contributed by atoms with Gasteiger partial charge in [0.25, 0.3) is 0 Å². The Morgan fingerprint density at radius 2 is 1.86 bits per heavy atom. The van der Waals surface area contributed by atoms with Gasteiger partial charge in [-0.2, -0.15) is 0 Å². The van der Waals surface area contributed by atoms with Gasteiger partial charge in [0.2, 0.25) is 0 Å². The van der Waals surface area contributed by atoms with Crippen LogP contribution >= 0.6 is 11.6 Å². The number of nitrogens with zero attached hydrogens (tertiary/aromatic N) is 2. The van der Waals surface area contributed by atoms with E-state index in [1.54, 1.807) is 0 Å². The first-order valence-corrected chi connectivity index (χ1v) is 9.96. The number of aromatic nitrogens is 2. The van der Waals surface area contributed by atoms with E-state index in [-0.39, 0.29) is 6.04 Å². The van der Waals surface area contributed by atoms with Crippen molar-refractivity contribution in [3.05, 3.63) is 81.3 Å². The second-order valence-corrected chi connectivity index (χ2v) is 7.80. The Kier molecular flexibility index (Phi) is 5.23. The van der Waals surface area contributed by atoms with Crippen molar-refractivity contribution in [3.63, 3.8) is 0 Å². The number of halogens is 1. The molecule has 1 atom stereocenters. The predicted molar refractivity (Wildman–Crippen MR) is 113 cm³/mol. The second kappa shape index (κ2) is 7.80. The average molecular weight is 394 g/mol. The van der Waals surface area contributed by atoms with Crippen molar-refractivity contribution in [3.8, 4) is 5.75 Å². The van der Waals surface area contributed by atoms with Crippen molar-refractivity contribution in [2.75, 3.05) is 11.9 Å². The third-order valence-corrected chi connectivity index (χ3v) is 5.38. The number of anilines is 1. The lowest BCUT2D eigenvalue weighted by molar-refractivity contribution is 0.274. The van der Waals surface area contributed by atoms with Gasteiger partial charge in [-0.25, -0.2) is 9.97 Å². The molecule has 28 heavy (non-hydrogen) atoms. The van der Waals surface area contributed by atoms with Crippen LogP contribution in [0, 0.1) is 20.8 Å². The minimum Gasteiger partial charge on any atom is -0.493 e. The van der Waals surface area contributed by atoms with Gasteiger partial charge in [-0.3, -0.25) is 0 Å². The lowest BCUT2D eigenvalue weighted by atomic mass is 9.99. The zero-order valence-corrected chi connectivity index (χ0v) is 17.2. The topological polar surface area (TPSA) is 47.0 Å². The molecule has 1 unspecified atom stereocenters. The third-order valence-electron chi connectivity index (χ3n) is 5.15. The van der Waals surface area contributed by atoms with Crippen LogP contribution < -0.4 is 10.1 Å². The lowest BCUT2D eigenvalue weighted by Crippen LogP contribution is -2.22. The van der Waals surface area contributed by atoms with E-state index in [2.05, 4.69) is 48.4 Å². The molecule has 1 aliphatic rings. The molecule has 4 rings (SSSR count). The van der Waals surface area contributed by atoms with E-state index >= 15 is 0 Å². The predicted octanol–water partition coefficient (Wildman–Crippen LogP) is 5.58. The van der Waals surface area contributed by atoms with E-state index in [1.807, 2.05) is 25.1 Å². The normalized spacial score (nSPS) is 15.6. The van der Waals surface area contributed by atoms with E-state index in [4.69, 9.17) is 21.3 Å². The summed E-state index contributed by atoms with van der Waals surface area (Å²) < 4.78 is 5.80. The molecule has 0 bridgehead atoms. The highest BCUT2D eigenvalue weighted by Gasteiger charge is 2.24. The maximum Gasteiger partial charge on any atom is 0.133 e. The van der Waals surface area contributed by atoms with Crippen LogP contribution in [-0.2, 0) is 6.42 Å². The first-order valence-electron chi connectivity index (χ1n) is 9.58. The third kappa shape index (κ3) is 3.97. The van der Waals surface area contributed by atoms with Crippen LogP contribution in [0.5, 0.6) is 5.75 Å². The fourth-order valence-corrected chi connectivity index (χ4v) is 3.84. The van der Waals surface area contributed by atoms with Crippen molar-refractivity contribution in [2.45, 2.75) is 39.7 Å². The molecule has 1 N–H and O–H groups in total. The van der Waals surface area contributed by atoms with Gasteiger partial charge < -0.3 is 10.1 Å². The molecule has 2 aromatic carbocycles. The minimum atomic E-state index is 0.105. The first kappa shape index (κ1) is 18.8. The highest BCUT2D eigenvalue weighted by Crippen LogP contribution is 2.36. The number of nitrogens with one attached hydrogen (secondary N) is 1.